The van der Waals surface area contributed by atoms with Crippen LogP contribution < -0.4 is 10.6 Å². The Labute approximate surface area is 139 Å². The van der Waals surface area contributed by atoms with Crippen molar-refractivity contribution in [1.29, 1.82) is 0 Å². The van der Waals surface area contributed by atoms with Crippen LogP contribution in [0, 0.1) is 5.92 Å². The molecule has 23 heavy (non-hydrogen) atoms. The van der Waals surface area contributed by atoms with Gasteiger partial charge in [0.2, 0.25) is 11.8 Å². The Hall–Kier alpha value is -1.84. The summed E-state index contributed by atoms with van der Waals surface area (Å²) < 4.78 is 0. The van der Waals surface area contributed by atoms with Gasteiger partial charge in [-0.2, -0.15) is 0 Å². The zero-order valence-corrected chi connectivity index (χ0v) is 14.1. The molecule has 126 valence electrons. The molecule has 0 atom stereocenters. The third kappa shape index (κ3) is 6.05. The molecule has 1 aliphatic rings. The van der Waals surface area contributed by atoms with E-state index in [0.29, 0.717) is 13.0 Å². The topological polar surface area (TPSA) is 58.2 Å². The van der Waals surface area contributed by atoms with Gasteiger partial charge >= 0.3 is 0 Å². The summed E-state index contributed by atoms with van der Waals surface area (Å²) in [4.78, 5) is 23.9. The number of rotatable bonds is 6. The SMILES string of the molecule is CCCC(=O)Nc1cccc(CNC(=O)C2CCCCCC2)c1. The summed E-state index contributed by atoms with van der Waals surface area (Å²) in [5, 5.41) is 5.94. The van der Waals surface area contributed by atoms with Crippen LogP contribution in [0.15, 0.2) is 24.3 Å². The van der Waals surface area contributed by atoms with Gasteiger partial charge in [0, 0.05) is 24.6 Å². The van der Waals surface area contributed by atoms with Gasteiger partial charge < -0.3 is 10.6 Å². The fourth-order valence-electron chi connectivity index (χ4n) is 3.08. The Morgan fingerprint density at radius 3 is 2.57 bits per heavy atom. The summed E-state index contributed by atoms with van der Waals surface area (Å²) in [6.07, 6.45) is 8.23. The van der Waals surface area contributed by atoms with Crippen LogP contribution in [0.4, 0.5) is 5.69 Å². The predicted octanol–water partition coefficient (Wildman–Crippen LogP) is 4.01. The van der Waals surface area contributed by atoms with Crippen LogP contribution >= 0.6 is 0 Å². The van der Waals surface area contributed by atoms with Gasteiger partial charge in [0.05, 0.1) is 0 Å². The number of anilines is 1. The van der Waals surface area contributed by atoms with Crippen molar-refractivity contribution in [2.75, 3.05) is 5.32 Å². The molecule has 4 heteroatoms. The maximum atomic E-state index is 12.3. The van der Waals surface area contributed by atoms with Crippen LogP contribution in [-0.4, -0.2) is 11.8 Å². The number of carbonyl (C=O) groups is 2. The second-order valence-corrected chi connectivity index (χ2v) is 6.40. The normalized spacial score (nSPS) is 15.7. The number of hydrogen-bond donors (Lipinski definition) is 2. The monoisotopic (exact) mass is 316 g/mol. The van der Waals surface area contributed by atoms with E-state index in [-0.39, 0.29) is 17.7 Å². The van der Waals surface area contributed by atoms with E-state index in [1.807, 2.05) is 31.2 Å². The van der Waals surface area contributed by atoms with Gasteiger partial charge in [-0.1, -0.05) is 44.7 Å². The molecule has 1 saturated carbocycles. The smallest absolute Gasteiger partial charge is 0.224 e. The zero-order chi connectivity index (χ0) is 16.5. The molecule has 0 radical (unpaired) electrons. The summed E-state index contributed by atoms with van der Waals surface area (Å²) in [7, 11) is 0. The molecule has 1 aromatic carbocycles. The third-order valence-electron chi connectivity index (χ3n) is 4.38. The summed E-state index contributed by atoms with van der Waals surface area (Å²) >= 11 is 0. The molecule has 0 bridgehead atoms. The number of carbonyl (C=O) groups excluding carboxylic acids is 2. The third-order valence-corrected chi connectivity index (χ3v) is 4.38. The first kappa shape index (κ1) is 17.5. The first-order valence-corrected chi connectivity index (χ1v) is 8.85. The second-order valence-electron chi connectivity index (χ2n) is 6.40. The molecule has 2 N–H and O–H groups in total. The average molecular weight is 316 g/mol. The zero-order valence-electron chi connectivity index (χ0n) is 14.1. The van der Waals surface area contributed by atoms with Crippen molar-refractivity contribution in [3.8, 4) is 0 Å². The lowest BCUT2D eigenvalue weighted by molar-refractivity contribution is -0.125. The van der Waals surface area contributed by atoms with E-state index in [1.54, 1.807) is 0 Å². The van der Waals surface area contributed by atoms with E-state index in [2.05, 4.69) is 10.6 Å². The van der Waals surface area contributed by atoms with Crippen LogP contribution in [0.2, 0.25) is 0 Å². The Morgan fingerprint density at radius 2 is 1.87 bits per heavy atom. The Kier molecular flexibility index (Phi) is 7.11. The van der Waals surface area contributed by atoms with Crippen LogP contribution in [0.5, 0.6) is 0 Å². The Bertz CT molecular complexity index is 520. The van der Waals surface area contributed by atoms with E-state index in [0.717, 1.165) is 43.4 Å². The summed E-state index contributed by atoms with van der Waals surface area (Å²) in [6.45, 7) is 2.51. The van der Waals surface area contributed by atoms with E-state index < -0.39 is 0 Å². The molecule has 0 aliphatic heterocycles. The molecule has 0 spiro atoms. The highest BCUT2D eigenvalue weighted by Gasteiger charge is 2.19. The highest BCUT2D eigenvalue weighted by atomic mass is 16.2. The maximum Gasteiger partial charge on any atom is 0.224 e. The molecule has 1 fully saturated rings. The Morgan fingerprint density at radius 1 is 1.13 bits per heavy atom. The van der Waals surface area contributed by atoms with Crippen LogP contribution in [-0.2, 0) is 16.1 Å². The number of nitrogens with one attached hydrogen (secondary N) is 2. The number of amides is 2. The number of hydrogen-bond acceptors (Lipinski definition) is 2. The van der Waals surface area contributed by atoms with E-state index in [4.69, 9.17) is 0 Å². The molecule has 0 unspecified atom stereocenters. The molecule has 2 amide bonds. The highest BCUT2D eigenvalue weighted by Crippen LogP contribution is 2.23. The standard InChI is InChI=1S/C19H28N2O2/c1-2-8-18(22)21-17-12-7-9-15(13-17)14-20-19(23)16-10-5-3-4-6-11-16/h7,9,12-13,16H,2-6,8,10-11,14H2,1H3,(H,20,23)(H,21,22). The molecule has 0 heterocycles. The lowest BCUT2D eigenvalue weighted by atomic mass is 9.99. The number of benzene rings is 1. The first-order chi connectivity index (χ1) is 11.2. The quantitative estimate of drug-likeness (QED) is 0.779. The van der Waals surface area contributed by atoms with Gasteiger partial charge in [-0.25, -0.2) is 0 Å². The molecule has 4 nitrogen and oxygen atoms in total. The van der Waals surface area contributed by atoms with Gasteiger partial charge in [-0.3, -0.25) is 9.59 Å². The van der Waals surface area contributed by atoms with Gasteiger partial charge in [0.15, 0.2) is 0 Å². The molecule has 1 aromatic rings. The minimum Gasteiger partial charge on any atom is -0.352 e. The molecular formula is C19H28N2O2. The van der Waals surface area contributed by atoms with Crippen LogP contribution in [0.25, 0.3) is 0 Å². The van der Waals surface area contributed by atoms with Crippen molar-refractivity contribution in [3.05, 3.63) is 29.8 Å². The van der Waals surface area contributed by atoms with E-state index in [1.165, 1.54) is 12.8 Å². The molecule has 1 aliphatic carbocycles. The van der Waals surface area contributed by atoms with E-state index >= 15 is 0 Å². The molecular weight excluding hydrogens is 288 g/mol. The van der Waals surface area contributed by atoms with Gasteiger partial charge in [-0.05, 0) is 37.0 Å². The van der Waals surface area contributed by atoms with Gasteiger partial charge in [0.25, 0.3) is 0 Å². The largest absolute Gasteiger partial charge is 0.352 e. The van der Waals surface area contributed by atoms with Crippen molar-refractivity contribution in [2.24, 2.45) is 5.92 Å². The van der Waals surface area contributed by atoms with Crippen molar-refractivity contribution in [3.63, 3.8) is 0 Å². The minimum absolute atomic E-state index is 0.0344. The van der Waals surface area contributed by atoms with Gasteiger partial charge in [0.1, 0.15) is 0 Å². The average Bonchev–Trinajstić information content (AvgIpc) is 2.82. The fourth-order valence-corrected chi connectivity index (χ4v) is 3.08. The molecule has 0 saturated heterocycles. The van der Waals surface area contributed by atoms with Crippen LogP contribution in [0.3, 0.4) is 0 Å². The summed E-state index contributed by atoms with van der Waals surface area (Å²) in [5.41, 5.74) is 1.81. The van der Waals surface area contributed by atoms with Crippen molar-refractivity contribution >= 4 is 17.5 Å². The van der Waals surface area contributed by atoms with E-state index in [9.17, 15) is 9.59 Å². The van der Waals surface area contributed by atoms with Crippen molar-refractivity contribution in [2.45, 2.75) is 64.8 Å². The maximum absolute atomic E-state index is 12.3. The molecule has 0 aromatic heterocycles. The Balaban J connectivity index is 1.85. The fraction of sp³-hybridized carbons (Fsp3) is 0.579. The predicted molar refractivity (Wildman–Crippen MR) is 93.0 cm³/mol. The summed E-state index contributed by atoms with van der Waals surface area (Å²) in [6, 6.07) is 7.70. The lowest BCUT2D eigenvalue weighted by Gasteiger charge is -2.14. The summed E-state index contributed by atoms with van der Waals surface area (Å²) in [5.74, 6) is 0.379. The lowest BCUT2D eigenvalue weighted by Crippen LogP contribution is -2.30. The second kappa shape index (κ2) is 9.33. The highest BCUT2D eigenvalue weighted by molar-refractivity contribution is 5.90. The molecule has 2 rings (SSSR count). The van der Waals surface area contributed by atoms with Crippen molar-refractivity contribution in [1.82, 2.24) is 5.32 Å². The van der Waals surface area contributed by atoms with Gasteiger partial charge in [-0.15, -0.1) is 0 Å². The van der Waals surface area contributed by atoms with Crippen LogP contribution in [0.1, 0.15) is 63.9 Å². The minimum atomic E-state index is 0.0344. The van der Waals surface area contributed by atoms with Crippen molar-refractivity contribution < 1.29 is 9.59 Å². The first-order valence-electron chi connectivity index (χ1n) is 8.85.